The van der Waals surface area contributed by atoms with E-state index < -0.39 is 0 Å². The Bertz CT molecular complexity index is 596. The zero-order chi connectivity index (χ0) is 15.2. The highest BCUT2D eigenvalue weighted by molar-refractivity contribution is 6.33. The molecule has 0 fully saturated rings. The number of hydrogen-bond donors (Lipinski definition) is 1. The third kappa shape index (κ3) is 3.62. The van der Waals surface area contributed by atoms with Gasteiger partial charge in [-0.15, -0.1) is 0 Å². The van der Waals surface area contributed by atoms with Gasteiger partial charge in [-0.05, 0) is 19.1 Å². The maximum Gasteiger partial charge on any atom is 0.167 e. The van der Waals surface area contributed by atoms with Gasteiger partial charge in [0.05, 0.1) is 30.0 Å². The number of halogens is 1. The number of nitrogens with one attached hydrogen (secondary N) is 1. The van der Waals surface area contributed by atoms with Crippen molar-refractivity contribution >= 4 is 17.4 Å². The third-order valence-electron chi connectivity index (χ3n) is 2.85. The summed E-state index contributed by atoms with van der Waals surface area (Å²) < 4.78 is 10.5. The van der Waals surface area contributed by atoms with Gasteiger partial charge in [0.15, 0.2) is 5.82 Å². The lowest BCUT2D eigenvalue weighted by molar-refractivity contribution is 0.181. The molecule has 112 valence electrons. The molecule has 1 heterocycles. The number of methoxy groups -OCH3 is 2. The van der Waals surface area contributed by atoms with Gasteiger partial charge in [-0.25, -0.2) is 9.97 Å². The van der Waals surface area contributed by atoms with Crippen molar-refractivity contribution < 1.29 is 9.47 Å². The number of nitrogens with zero attached hydrogens (tertiary/aromatic N) is 2. The van der Waals surface area contributed by atoms with E-state index in [2.05, 4.69) is 15.3 Å². The van der Waals surface area contributed by atoms with Crippen LogP contribution < -0.4 is 10.1 Å². The summed E-state index contributed by atoms with van der Waals surface area (Å²) in [6.45, 7) is 3.18. The first-order valence-electron chi connectivity index (χ1n) is 6.63. The van der Waals surface area contributed by atoms with Crippen LogP contribution >= 0.6 is 11.6 Å². The molecular weight excluding hydrogens is 290 g/mol. The van der Waals surface area contributed by atoms with Crippen LogP contribution in [0.5, 0.6) is 5.75 Å². The van der Waals surface area contributed by atoms with E-state index in [0.717, 1.165) is 18.1 Å². The molecule has 0 aliphatic rings. The van der Waals surface area contributed by atoms with Crippen LogP contribution in [0.4, 0.5) is 5.82 Å². The van der Waals surface area contributed by atoms with Crippen molar-refractivity contribution in [2.24, 2.45) is 0 Å². The number of anilines is 1. The van der Waals surface area contributed by atoms with Gasteiger partial charge in [-0.2, -0.15) is 0 Å². The second kappa shape index (κ2) is 7.24. The molecule has 2 aromatic rings. The average molecular weight is 308 g/mol. The molecule has 1 aromatic carbocycles. The third-order valence-corrected chi connectivity index (χ3v) is 3.16. The van der Waals surface area contributed by atoms with Crippen LogP contribution in [0.25, 0.3) is 11.4 Å². The van der Waals surface area contributed by atoms with Crippen LogP contribution in [0.15, 0.2) is 24.3 Å². The first kappa shape index (κ1) is 15.5. The predicted molar refractivity (Wildman–Crippen MR) is 83.9 cm³/mol. The summed E-state index contributed by atoms with van der Waals surface area (Å²) in [5.74, 6) is 1.89. The zero-order valence-electron chi connectivity index (χ0n) is 12.3. The highest BCUT2D eigenvalue weighted by atomic mass is 35.5. The van der Waals surface area contributed by atoms with Crippen molar-refractivity contribution in [1.82, 2.24) is 9.97 Å². The topological polar surface area (TPSA) is 56.3 Å². The van der Waals surface area contributed by atoms with E-state index >= 15 is 0 Å². The summed E-state index contributed by atoms with van der Waals surface area (Å²) in [6, 6.07) is 7.31. The van der Waals surface area contributed by atoms with E-state index in [1.165, 1.54) is 0 Å². The maximum absolute atomic E-state index is 6.29. The lowest BCUT2D eigenvalue weighted by Crippen LogP contribution is -2.05. The van der Waals surface area contributed by atoms with Crippen molar-refractivity contribution in [2.45, 2.75) is 13.5 Å². The number of benzene rings is 1. The molecule has 2 rings (SSSR count). The predicted octanol–water partition coefficient (Wildman–Crippen LogP) is 3.38. The molecule has 0 aliphatic heterocycles. The second-order valence-corrected chi connectivity index (χ2v) is 4.76. The van der Waals surface area contributed by atoms with Gasteiger partial charge in [0.25, 0.3) is 0 Å². The Morgan fingerprint density at radius 1 is 1.24 bits per heavy atom. The minimum atomic E-state index is 0.403. The Kier molecular flexibility index (Phi) is 5.36. The molecule has 0 radical (unpaired) electrons. The van der Waals surface area contributed by atoms with Crippen molar-refractivity contribution in [3.63, 3.8) is 0 Å². The Balaban J connectivity index is 2.57. The first-order chi connectivity index (χ1) is 10.2. The smallest absolute Gasteiger partial charge is 0.167 e. The fourth-order valence-corrected chi connectivity index (χ4v) is 2.24. The summed E-state index contributed by atoms with van der Waals surface area (Å²) in [6.07, 6.45) is 0. The van der Waals surface area contributed by atoms with Crippen molar-refractivity contribution in [3.8, 4) is 17.1 Å². The number of rotatable bonds is 6. The summed E-state index contributed by atoms with van der Waals surface area (Å²) in [7, 11) is 3.23. The normalized spacial score (nSPS) is 10.5. The molecule has 0 unspecified atom stereocenters. The summed E-state index contributed by atoms with van der Waals surface area (Å²) in [5, 5.41) is 3.73. The summed E-state index contributed by atoms with van der Waals surface area (Å²) >= 11 is 6.29. The van der Waals surface area contributed by atoms with E-state index in [-0.39, 0.29) is 0 Å². The number of aromatic nitrogens is 2. The standard InChI is InChI=1S/C15H18ClN3O2/c1-4-17-13-8-10(9-20-2)18-15(19-13)14-11(16)6-5-7-12(14)21-3/h5-8H,4,9H2,1-3H3,(H,17,18,19). The van der Waals surface area contributed by atoms with Crippen LogP contribution in [0.3, 0.4) is 0 Å². The molecular formula is C15H18ClN3O2. The minimum absolute atomic E-state index is 0.403. The molecule has 21 heavy (non-hydrogen) atoms. The SMILES string of the molecule is CCNc1cc(COC)nc(-c2c(Cl)cccc2OC)n1. The van der Waals surface area contributed by atoms with Gasteiger partial charge in [-0.1, -0.05) is 17.7 Å². The molecule has 0 atom stereocenters. The lowest BCUT2D eigenvalue weighted by atomic mass is 10.1. The molecule has 1 aromatic heterocycles. The minimum Gasteiger partial charge on any atom is -0.496 e. The molecule has 1 N–H and O–H groups in total. The zero-order valence-corrected chi connectivity index (χ0v) is 13.1. The van der Waals surface area contributed by atoms with E-state index in [1.54, 1.807) is 20.3 Å². The van der Waals surface area contributed by atoms with Crippen molar-refractivity contribution in [1.29, 1.82) is 0 Å². The molecule has 0 bridgehead atoms. The van der Waals surface area contributed by atoms with Crippen LogP contribution in [0, 0.1) is 0 Å². The van der Waals surface area contributed by atoms with Gasteiger partial charge < -0.3 is 14.8 Å². The summed E-state index contributed by atoms with van der Waals surface area (Å²) in [4.78, 5) is 9.01. The fourth-order valence-electron chi connectivity index (χ4n) is 1.99. The highest BCUT2D eigenvalue weighted by Crippen LogP contribution is 2.34. The maximum atomic E-state index is 6.29. The van der Waals surface area contributed by atoms with E-state index in [4.69, 9.17) is 21.1 Å². The van der Waals surface area contributed by atoms with E-state index in [9.17, 15) is 0 Å². The molecule has 0 saturated heterocycles. The van der Waals surface area contributed by atoms with Gasteiger partial charge in [-0.3, -0.25) is 0 Å². The fraction of sp³-hybridized carbons (Fsp3) is 0.333. The Labute approximate surface area is 129 Å². The number of hydrogen-bond acceptors (Lipinski definition) is 5. The Morgan fingerprint density at radius 3 is 2.71 bits per heavy atom. The molecule has 0 aliphatic carbocycles. The average Bonchev–Trinajstić information content (AvgIpc) is 2.47. The highest BCUT2D eigenvalue weighted by Gasteiger charge is 2.15. The molecule has 5 nitrogen and oxygen atoms in total. The quantitative estimate of drug-likeness (QED) is 0.886. The van der Waals surface area contributed by atoms with Crippen LogP contribution in [0.2, 0.25) is 5.02 Å². The Hall–Kier alpha value is -1.85. The van der Waals surface area contributed by atoms with Crippen molar-refractivity contribution in [3.05, 3.63) is 35.0 Å². The molecule has 0 saturated carbocycles. The van der Waals surface area contributed by atoms with Crippen molar-refractivity contribution in [2.75, 3.05) is 26.1 Å². The van der Waals surface area contributed by atoms with Crippen LogP contribution in [0.1, 0.15) is 12.6 Å². The van der Waals surface area contributed by atoms with E-state index in [1.807, 2.05) is 25.1 Å². The van der Waals surface area contributed by atoms with Gasteiger partial charge in [0.1, 0.15) is 11.6 Å². The van der Waals surface area contributed by atoms with Crippen LogP contribution in [-0.4, -0.2) is 30.7 Å². The monoisotopic (exact) mass is 307 g/mol. The second-order valence-electron chi connectivity index (χ2n) is 4.35. The van der Waals surface area contributed by atoms with Gasteiger partial charge >= 0.3 is 0 Å². The molecule has 0 spiro atoms. The van der Waals surface area contributed by atoms with Gasteiger partial charge in [0.2, 0.25) is 0 Å². The van der Waals surface area contributed by atoms with Crippen LogP contribution in [-0.2, 0) is 11.3 Å². The van der Waals surface area contributed by atoms with E-state index in [0.29, 0.717) is 28.8 Å². The Morgan fingerprint density at radius 2 is 2.05 bits per heavy atom. The first-order valence-corrected chi connectivity index (χ1v) is 7.01. The molecule has 6 heteroatoms. The van der Waals surface area contributed by atoms with Gasteiger partial charge in [0, 0.05) is 19.7 Å². The molecule has 0 amide bonds. The summed E-state index contributed by atoms with van der Waals surface area (Å²) in [5.41, 5.74) is 1.46. The lowest BCUT2D eigenvalue weighted by Gasteiger charge is -2.12. The number of ether oxygens (including phenoxy) is 2. The largest absolute Gasteiger partial charge is 0.496 e.